The quantitative estimate of drug-likeness (QED) is 0.925. The molecule has 2 N–H and O–H groups in total. The van der Waals surface area contributed by atoms with E-state index in [1.807, 2.05) is 32.0 Å². The fraction of sp³-hybridized carbons (Fsp3) is 0.333. The number of nitrogens with zero attached hydrogens (tertiary/aromatic N) is 2. The zero-order chi connectivity index (χ0) is 12.4. The smallest absolute Gasteiger partial charge is 0.147 e. The second-order valence-electron chi connectivity index (χ2n) is 3.98. The van der Waals surface area contributed by atoms with E-state index in [1.54, 1.807) is 0 Å². The maximum atomic E-state index is 6.03. The molecule has 1 unspecified atom stereocenters. The summed E-state index contributed by atoms with van der Waals surface area (Å²) in [6.07, 6.45) is 0.864. The zero-order valence-electron chi connectivity index (χ0n) is 9.77. The molecule has 0 fully saturated rings. The van der Waals surface area contributed by atoms with Gasteiger partial charge in [0.2, 0.25) is 0 Å². The van der Waals surface area contributed by atoms with E-state index in [0.29, 0.717) is 0 Å². The largest absolute Gasteiger partial charge is 0.322 e. The molecular formula is C12H14ClN3S. The number of rotatable bonds is 3. The lowest BCUT2D eigenvalue weighted by Gasteiger charge is -2.01. The number of hydrogen-bond donors (Lipinski definition) is 1. The first-order chi connectivity index (χ1) is 8.10. The van der Waals surface area contributed by atoms with Crippen LogP contribution in [0.5, 0.6) is 0 Å². The summed E-state index contributed by atoms with van der Waals surface area (Å²) in [5.74, 6) is 0. The van der Waals surface area contributed by atoms with E-state index in [1.165, 1.54) is 11.3 Å². The van der Waals surface area contributed by atoms with Crippen LogP contribution in [-0.4, -0.2) is 10.2 Å². The molecule has 0 bridgehead atoms. The Hall–Kier alpha value is -0.970. The number of hydrogen-bond acceptors (Lipinski definition) is 4. The number of aromatic nitrogens is 2. The first-order valence-corrected chi connectivity index (χ1v) is 6.66. The minimum atomic E-state index is -0.0264. The molecule has 0 spiro atoms. The van der Waals surface area contributed by atoms with Gasteiger partial charge in [-0.2, -0.15) is 0 Å². The van der Waals surface area contributed by atoms with Gasteiger partial charge in [0.05, 0.1) is 6.04 Å². The van der Waals surface area contributed by atoms with E-state index in [4.69, 9.17) is 17.3 Å². The molecule has 1 aromatic heterocycles. The summed E-state index contributed by atoms with van der Waals surface area (Å²) in [5, 5.41) is 10.8. The predicted molar refractivity (Wildman–Crippen MR) is 72.3 cm³/mol. The third-order valence-corrected chi connectivity index (χ3v) is 3.81. The van der Waals surface area contributed by atoms with E-state index in [9.17, 15) is 0 Å². The van der Waals surface area contributed by atoms with Crippen LogP contribution in [0, 0.1) is 6.92 Å². The summed E-state index contributed by atoms with van der Waals surface area (Å²) >= 11 is 7.56. The van der Waals surface area contributed by atoms with Crippen molar-refractivity contribution in [3.8, 4) is 10.6 Å². The van der Waals surface area contributed by atoms with Gasteiger partial charge in [-0.05, 0) is 37.1 Å². The summed E-state index contributed by atoms with van der Waals surface area (Å²) in [4.78, 5) is 0. The van der Waals surface area contributed by atoms with Crippen molar-refractivity contribution in [3.63, 3.8) is 0 Å². The third-order valence-electron chi connectivity index (χ3n) is 2.49. The number of benzene rings is 1. The van der Waals surface area contributed by atoms with Gasteiger partial charge in [0.1, 0.15) is 10.0 Å². The molecule has 1 aromatic carbocycles. The fourth-order valence-corrected chi connectivity index (χ4v) is 2.74. The van der Waals surface area contributed by atoms with Crippen LogP contribution in [0.2, 0.25) is 5.02 Å². The van der Waals surface area contributed by atoms with Crippen LogP contribution in [0.1, 0.15) is 30.0 Å². The highest BCUT2D eigenvalue weighted by molar-refractivity contribution is 7.14. The van der Waals surface area contributed by atoms with Gasteiger partial charge in [-0.25, -0.2) is 0 Å². The summed E-state index contributed by atoms with van der Waals surface area (Å²) in [6.45, 7) is 4.05. The number of aryl methyl sites for hydroxylation is 1. The fourth-order valence-electron chi connectivity index (χ4n) is 1.54. The summed E-state index contributed by atoms with van der Waals surface area (Å²) in [5.41, 5.74) is 8.04. The van der Waals surface area contributed by atoms with Crippen LogP contribution in [0.4, 0.5) is 0 Å². The molecule has 1 atom stereocenters. The minimum Gasteiger partial charge on any atom is -0.322 e. The Kier molecular flexibility index (Phi) is 3.76. The Morgan fingerprint density at radius 2 is 2.12 bits per heavy atom. The summed E-state index contributed by atoms with van der Waals surface area (Å²) < 4.78 is 0. The zero-order valence-corrected chi connectivity index (χ0v) is 11.3. The molecule has 1 heterocycles. The molecule has 0 aliphatic carbocycles. The predicted octanol–water partition coefficient (Wildman–Crippen LogP) is 3.58. The van der Waals surface area contributed by atoms with Gasteiger partial charge >= 0.3 is 0 Å². The first-order valence-electron chi connectivity index (χ1n) is 5.46. The topological polar surface area (TPSA) is 51.8 Å². The van der Waals surface area contributed by atoms with Crippen molar-refractivity contribution in [2.24, 2.45) is 5.73 Å². The average Bonchev–Trinajstić information content (AvgIpc) is 2.76. The minimum absolute atomic E-state index is 0.0264. The highest BCUT2D eigenvalue weighted by Gasteiger charge is 2.12. The Morgan fingerprint density at radius 1 is 1.35 bits per heavy atom. The van der Waals surface area contributed by atoms with Crippen molar-refractivity contribution < 1.29 is 0 Å². The second kappa shape index (κ2) is 5.12. The van der Waals surface area contributed by atoms with Gasteiger partial charge in [0, 0.05) is 10.6 Å². The standard InChI is InChI=1S/C12H14ClN3S/c1-3-10(14)12-16-15-11(17-12)8-4-7(2)5-9(13)6-8/h4-6,10H,3,14H2,1-2H3. The maximum absolute atomic E-state index is 6.03. The molecule has 0 aliphatic heterocycles. The molecule has 17 heavy (non-hydrogen) atoms. The molecule has 0 amide bonds. The van der Waals surface area contributed by atoms with Crippen LogP contribution in [0.3, 0.4) is 0 Å². The lowest BCUT2D eigenvalue weighted by molar-refractivity contribution is 0.683. The normalized spacial score (nSPS) is 12.7. The summed E-state index contributed by atoms with van der Waals surface area (Å²) in [7, 11) is 0. The molecule has 0 saturated heterocycles. The van der Waals surface area contributed by atoms with Crippen LogP contribution >= 0.6 is 22.9 Å². The van der Waals surface area contributed by atoms with Crippen LogP contribution in [0.25, 0.3) is 10.6 Å². The van der Waals surface area contributed by atoms with Gasteiger partial charge in [0.25, 0.3) is 0 Å². The van der Waals surface area contributed by atoms with E-state index in [0.717, 1.165) is 32.6 Å². The number of halogens is 1. The molecule has 0 aliphatic rings. The van der Waals surface area contributed by atoms with Crippen LogP contribution in [0.15, 0.2) is 18.2 Å². The average molecular weight is 268 g/mol. The second-order valence-corrected chi connectivity index (χ2v) is 5.42. The summed E-state index contributed by atoms with van der Waals surface area (Å²) in [6, 6.07) is 5.84. The Morgan fingerprint density at radius 3 is 2.76 bits per heavy atom. The molecule has 3 nitrogen and oxygen atoms in total. The van der Waals surface area contributed by atoms with E-state index in [-0.39, 0.29) is 6.04 Å². The van der Waals surface area contributed by atoms with E-state index in [2.05, 4.69) is 10.2 Å². The van der Waals surface area contributed by atoms with E-state index < -0.39 is 0 Å². The molecule has 2 aromatic rings. The van der Waals surface area contributed by atoms with Crippen molar-refractivity contribution in [1.29, 1.82) is 0 Å². The lowest BCUT2D eigenvalue weighted by Crippen LogP contribution is -2.07. The molecule has 0 radical (unpaired) electrons. The Labute approximate surface area is 110 Å². The molecule has 90 valence electrons. The van der Waals surface area contributed by atoms with Gasteiger partial charge in [-0.15, -0.1) is 10.2 Å². The van der Waals surface area contributed by atoms with Crippen molar-refractivity contribution in [2.45, 2.75) is 26.3 Å². The molecule has 2 rings (SSSR count). The van der Waals surface area contributed by atoms with Crippen molar-refractivity contribution in [3.05, 3.63) is 33.8 Å². The lowest BCUT2D eigenvalue weighted by atomic mass is 10.1. The van der Waals surface area contributed by atoms with Crippen molar-refractivity contribution in [2.75, 3.05) is 0 Å². The van der Waals surface area contributed by atoms with Crippen molar-refractivity contribution >= 4 is 22.9 Å². The van der Waals surface area contributed by atoms with E-state index >= 15 is 0 Å². The maximum Gasteiger partial charge on any atom is 0.147 e. The number of nitrogens with two attached hydrogens (primary N) is 1. The SMILES string of the molecule is CCC(N)c1nnc(-c2cc(C)cc(Cl)c2)s1. The van der Waals surface area contributed by atoms with Gasteiger partial charge < -0.3 is 5.73 Å². The third kappa shape index (κ3) is 2.83. The molecule has 0 saturated carbocycles. The molecular weight excluding hydrogens is 254 g/mol. The molecule has 5 heteroatoms. The highest BCUT2D eigenvalue weighted by Crippen LogP contribution is 2.29. The van der Waals surface area contributed by atoms with Gasteiger partial charge in [-0.1, -0.05) is 29.9 Å². The Balaban J connectivity index is 2.36. The van der Waals surface area contributed by atoms with Crippen LogP contribution in [-0.2, 0) is 0 Å². The first kappa shape index (κ1) is 12.5. The Bertz CT molecular complexity index is 504. The van der Waals surface area contributed by atoms with Gasteiger partial charge in [0.15, 0.2) is 0 Å². The van der Waals surface area contributed by atoms with Crippen molar-refractivity contribution in [1.82, 2.24) is 10.2 Å². The van der Waals surface area contributed by atoms with Gasteiger partial charge in [-0.3, -0.25) is 0 Å². The van der Waals surface area contributed by atoms with Crippen LogP contribution < -0.4 is 5.73 Å². The monoisotopic (exact) mass is 267 g/mol. The highest BCUT2D eigenvalue weighted by atomic mass is 35.5.